The van der Waals surface area contributed by atoms with Gasteiger partial charge in [-0.1, -0.05) is 12.1 Å². The van der Waals surface area contributed by atoms with Crippen LogP contribution in [0.1, 0.15) is 20.7 Å². The first-order chi connectivity index (χ1) is 8.52. The van der Waals surface area contributed by atoms with E-state index in [9.17, 15) is 9.59 Å². The first-order valence-electron chi connectivity index (χ1n) is 5.00. The third-order valence-corrected chi connectivity index (χ3v) is 2.02. The zero-order valence-corrected chi connectivity index (χ0v) is 9.65. The summed E-state index contributed by atoms with van der Waals surface area (Å²) in [5.74, 6) is -2.46. The minimum Gasteiger partial charge on any atom is -0.478 e. The van der Waals surface area contributed by atoms with E-state index in [-0.39, 0.29) is 11.1 Å². The van der Waals surface area contributed by atoms with Crippen LogP contribution in [0.3, 0.4) is 0 Å². The Morgan fingerprint density at radius 1 is 1.11 bits per heavy atom. The van der Waals surface area contributed by atoms with Crippen molar-refractivity contribution in [3.63, 3.8) is 0 Å². The van der Waals surface area contributed by atoms with E-state index in [2.05, 4.69) is 4.98 Å². The van der Waals surface area contributed by atoms with Gasteiger partial charge >= 0.3 is 11.9 Å². The summed E-state index contributed by atoms with van der Waals surface area (Å²) in [5.41, 5.74) is -0.380. The van der Waals surface area contributed by atoms with Crippen LogP contribution in [0.25, 0.3) is 0 Å². The quantitative estimate of drug-likeness (QED) is 0.840. The number of hydrogen-bond acceptors (Lipinski definition) is 3. The second kappa shape index (κ2) is 6.19. The lowest BCUT2D eigenvalue weighted by Crippen LogP contribution is -2.06. The summed E-state index contributed by atoms with van der Waals surface area (Å²) in [6.07, 6.45) is 5.39. The van der Waals surface area contributed by atoms with Crippen molar-refractivity contribution < 1.29 is 19.8 Å². The van der Waals surface area contributed by atoms with Crippen molar-refractivity contribution in [1.29, 1.82) is 0 Å². The van der Waals surface area contributed by atoms with E-state index in [1.165, 1.54) is 24.3 Å². The molecule has 2 N–H and O–H groups in total. The maximum atomic E-state index is 10.5. The number of aryl methyl sites for hydroxylation is 1. The number of aromatic nitrogens is 2. The molecule has 0 saturated heterocycles. The highest BCUT2D eigenvalue weighted by Crippen LogP contribution is 2.07. The average Bonchev–Trinajstić information content (AvgIpc) is 2.81. The van der Waals surface area contributed by atoms with Gasteiger partial charge in [0.1, 0.15) is 0 Å². The monoisotopic (exact) mass is 248 g/mol. The predicted octanol–water partition coefficient (Wildman–Crippen LogP) is 1.50. The number of carbonyl (C=O) groups is 2. The minimum atomic E-state index is -1.23. The van der Waals surface area contributed by atoms with Gasteiger partial charge in [0.2, 0.25) is 0 Å². The number of nitrogens with zero attached hydrogens (tertiary/aromatic N) is 2. The Kier molecular flexibility index (Phi) is 4.62. The van der Waals surface area contributed by atoms with E-state index in [0.717, 1.165) is 0 Å². The van der Waals surface area contributed by atoms with E-state index in [4.69, 9.17) is 10.2 Å². The van der Waals surface area contributed by atoms with Gasteiger partial charge in [-0.25, -0.2) is 14.6 Å². The maximum Gasteiger partial charge on any atom is 0.336 e. The number of rotatable bonds is 2. The molecule has 2 aromatic rings. The average molecular weight is 248 g/mol. The molecule has 0 radical (unpaired) electrons. The van der Waals surface area contributed by atoms with Crippen LogP contribution in [0.2, 0.25) is 0 Å². The summed E-state index contributed by atoms with van der Waals surface area (Å²) < 4.78 is 1.89. The summed E-state index contributed by atoms with van der Waals surface area (Å²) in [7, 11) is 1.94. The van der Waals surface area contributed by atoms with E-state index >= 15 is 0 Å². The van der Waals surface area contributed by atoms with Gasteiger partial charge in [0.15, 0.2) is 0 Å². The first kappa shape index (κ1) is 13.4. The molecule has 0 spiro atoms. The van der Waals surface area contributed by atoms with Crippen molar-refractivity contribution in [3.8, 4) is 0 Å². The lowest BCUT2D eigenvalue weighted by molar-refractivity contribution is 0.0651. The molecule has 0 fully saturated rings. The summed E-state index contributed by atoms with van der Waals surface area (Å²) in [4.78, 5) is 24.7. The standard InChI is InChI=1S/C8H6O4.C4H6N2/c9-7(10)5-3-1-2-4-6(5)8(11)12;1-6-3-2-5-4-6/h1-4H,(H,9,10)(H,11,12);2-4H,1H3. The molecule has 0 bridgehead atoms. The highest BCUT2D eigenvalue weighted by molar-refractivity contribution is 6.01. The zero-order valence-electron chi connectivity index (χ0n) is 9.65. The van der Waals surface area contributed by atoms with E-state index in [1.807, 2.05) is 17.8 Å². The fraction of sp³-hybridized carbons (Fsp3) is 0.0833. The van der Waals surface area contributed by atoms with Gasteiger partial charge in [-0.15, -0.1) is 0 Å². The molecule has 1 heterocycles. The van der Waals surface area contributed by atoms with Crippen molar-refractivity contribution in [2.45, 2.75) is 0 Å². The summed E-state index contributed by atoms with van der Waals surface area (Å²) >= 11 is 0. The molecule has 0 atom stereocenters. The normalized spacial score (nSPS) is 9.17. The van der Waals surface area contributed by atoms with Crippen molar-refractivity contribution in [3.05, 3.63) is 54.1 Å². The fourth-order valence-corrected chi connectivity index (χ4v) is 1.18. The molecule has 1 aromatic carbocycles. The second-order valence-electron chi connectivity index (χ2n) is 3.38. The largest absolute Gasteiger partial charge is 0.478 e. The molecule has 1 aromatic heterocycles. The molecule has 0 amide bonds. The summed E-state index contributed by atoms with van der Waals surface area (Å²) in [6, 6.07) is 5.48. The smallest absolute Gasteiger partial charge is 0.336 e. The third-order valence-electron chi connectivity index (χ3n) is 2.02. The van der Waals surface area contributed by atoms with Crippen LogP contribution < -0.4 is 0 Å². The highest BCUT2D eigenvalue weighted by Gasteiger charge is 2.13. The van der Waals surface area contributed by atoms with Gasteiger partial charge in [-0.05, 0) is 12.1 Å². The molecule has 0 aliphatic rings. The minimum absolute atomic E-state index is 0.190. The topological polar surface area (TPSA) is 92.4 Å². The highest BCUT2D eigenvalue weighted by atomic mass is 16.4. The molecule has 6 heteroatoms. The lowest BCUT2D eigenvalue weighted by atomic mass is 10.1. The fourth-order valence-electron chi connectivity index (χ4n) is 1.18. The van der Waals surface area contributed by atoms with E-state index in [0.29, 0.717) is 0 Å². The molecule has 0 saturated carbocycles. The van der Waals surface area contributed by atoms with Crippen LogP contribution in [0.5, 0.6) is 0 Å². The van der Waals surface area contributed by atoms with E-state index < -0.39 is 11.9 Å². The summed E-state index contributed by atoms with van der Waals surface area (Å²) in [5, 5.41) is 17.1. The van der Waals surface area contributed by atoms with Crippen LogP contribution >= 0.6 is 0 Å². The number of carboxylic acid groups (broad SMARTS) is 2. The molecule has 0 aliphatic carbocycles. The van der Waals surface area contributed by atoms with Gasteiger partial charge in [0, 0.05) is 19.4 Å². The van der Waals surface area contributed by atoms with Gasteiger partial charge in [-0.3, -0.25) is 0 Å². The van der Waals surface area contributed by atoms with Gasteiger partial charge in [0.25, 0.3) is 0 Å². The Labute approximate surface area is 103 Å². The second-order valence-corrected chi connectivity index (χ2v) is 3.38. The Morgan fingerprint density at radius 2 is 1.61 bits per heavy atom. The number of aromatic carboxylic acids is 2. The van der Waals surface area contributed by atoms with E-state index in [1.54, 1.807) is 12.5 Å². The first-order valence-corrected chi connectivity index (χ1v) is 5.00. The molecule has 6 nitrogen and oxygen atoms in total. The van der Waals surface area contributed by atoms with Gasteiger partial charge < -0.3 is 14.8 Å². The molecule has 94 valence electrons. The number of benzene rings is 1. The SMILES string of the molecule is Cn1ccnc1.O=C(O)c1ccccc1C(=O)O. The Hall–Kier alpha value is -2.63. The molecular weight excluding hydrogens is 236 g/mol. The van der Waals surface area contributed by atoms with Gasteiger partial charge in [0.05, 0.1) is 17.5 Å². The Bertz CT molecular complexity index is 502. The molecular formula is C12H12N2O4. The molecule has 0 unspecified atom stereocenters. The lowest BCUT2D eigenvalue weighted by Gasteiger charge is -1.98. The van der Waals surface area contributed by atoms with Crippen molar-refractivity contribution in [1.82, 2.24) is 9.55 Å². The van der Waals surface area contributed by atoms with Gasteiger partial charge in [-0.2, -0.15) is 0 Å². The van der Waals surface area contributed by atoms with Crippen LogP contribution in [0, 0.1) is 0 Å². The van der Waals surface area contributed by atoms with Crippen molar-refractivity contribution in [2.75, 3.05) is 0 Å². The number of carboxylic acids is 2. The predicted molar refractivity (Wildman–Crippen MR) is 63.6 cm³/mol. The molecule has 18 heavy (non-hydrogen) atoms. The zero-order chi connectivity index (χ0) is 13.5. The molecule has 2 rings (SSSR count). The summed E-state index contributed by atoms with van der Waals surface area (Å²) in [6.45, 7) is 0. The van der Waals surface area contributed by atoms with Crippen LogP contribution in [-0.4, -0.2) is 31.7 Å². The third kappa shape index (κ3) is 3.75. The van der Waals surface area contributed by atoms with Crippen LogP contribution in [0.15, 0.2) is 43.0 Å². The van der Waals surface area contributed by atoms with Crippen molar-refractivity contribution >= 4 is 11.9 Å². The maximum absolute atomic E-state index is 10.5. The Morgan fingerprint density at radius 3 is 1.83 bits per heavy atom. The van der Waals surface area contributed by atoms with Crippen molar-refractivity contribution in [2.24, 2.45) is 7.05 Å². The van der Waals surface area contributed by atoms with Crippen LogP contribution in [0.4, 0.5) is 0 Å². The number of imidazole rings is 1. The molecule has 0 aliphatic heterocycles. The Balaban J connectivity index is 0.000000225. The van der Waals surface area contributed by atoms with Crippen LogP contribution in [-0.2, 0) is 7.05 Å². The number of hydrogen-bond donors (Lipinski definition) is 2.